The number of hydrogen-bond acceptors (Lipinski definition) is 3. The largest absolute Gasteiger partial charge is 0.295 e. The summed E-state index contributed by atoms with van der Waals surface area (Å²) in [5, 5.41) is 10.9. The van der Waals surface area contributed by atoms with Crippen LogP contribution in [0.4, 0.5) is 5.69 Å². The van der Waals surface area contributed by atoms with Crippen LogP contribution < -0.4 is 0 Å². The number of benzene rings is 1. The third-order valence-electron chi connectivity index (χ3n) is 2.52. The van der Waals surface area contributed by atoms with Crippen molar-refractivity contribution in [2.24, 2.45) is 0 Å². The summed E-state index contributed by atoms with van der Waals surface area (Å²) in [6.07, 6.45) is 0. The van der Waals surface area contributed by atoms with E-state index in [1.807, 2.05) is 19.9 Å². The molecule has 0 fully saturated rings. The Morgan fingerprint density at radius 3 is 2.65 bits per heavy atom. The van der Waals surface area contributed by atoms with E-state index in [-0.39, 0.29) is 10.6 Å². The highest BCUT2D eigenvalue weighted by atomic mass is 16.6. The first-order valence-electron chi connectivity index (χ1n) is 5.63. The van der Waals surface area contributed by atoms with Crippen LogP contribution >= 0.6 is 0 Å². The fourth-order valence-electron chi connectivity index (χ4n) is 1.72. The van der Waals surface area contributed by atoms with Gasteiger partial charge >= 0.3 is 0 Å². The quantitative estimate of drug-likeness (QED) is 0.432. The van der Waals surface area contributed by atoms with Gasteiger partial charge in [-0.2, -0.15) is 0 Å². The van der Waals surface area contributed by atoms with Crippen molar-refractivity contribution >= 4 is 5.69 Å². The second-order valence-electron chi connectivity index (χ2n) is 4.15. The first-order chi connectivity index (χ1) is 8.04. The minimum atomic E-state index is -0.329. The van der Waals surface area contributed by atoms with Gasteiger partial charge < -0.3 is 0 Å². The van der Waals surface area contributed by atoms with Crippen LogP contribution in [0.1, 0.15) is 19.4 Å². The van der Waals surface area contributed by atoms with Gasteiger partial charge in [-0.25, -0.2) is 0 Å². The van der Waals surface area contributed by atoms with Crippen LogP contribution in [-0.4, -0.2) is 22.9 Å². The zero-order chi connectivity index (χ0) is 12.8. The molecule has 0 saturated carbocycles. The van der Waals surface area contributed by atoms with Crippen LogP contribution in [0.5, 0.6) is 0 Å². The summed E-state index contributed by atoms with van der Waals surface area (Å²) in [5.74, 6) is 0. The molecule has 0 heterocycles. The van der Waals surface area contributed by atoms with Gasteiger partial charge in [0.2, 0.25) is 0 Å². The molecule has 4 nitrogen and oxygen atoms in total. The van der Waals surface area contributed by atoms with Crippen molar-refractivity contribution < 1.29 is 4.92 Å². The van der Waals surface area contributed by atoms with E-state index in [4.69, 9.17) is 0 Å². The molecule has 1 aromatic carbocycles. The molecule has 17 heavy (non-hydrogen) atoms. The van der Waals surface area contributed by atoms with Crippen LogP contribution in [0, 0.1) is 10.1 Å². The smallest absolute Gasteiger partial charge is 0.273 e. The number of likely N-dealkylation sites (N-methyl/N-ethyl adjacent to an activating group) is 1. The Labute approximate surface area is 102 Å². The maximum absolute atomic E-state index is 10.9. The van der Waals surface area contributed by atoms with Crippen molar-refractivity contribution in [1.82, 2.24) is 4.90 Å². The van der Waals surface area contributed by atoms with Crippen molar-refractivity contribution in [2.45, 2.75) is 20.4 Å². The summed E-state index contributed by atoms with van der Waals surface area (Å²) in [4.78, 5) is 12.7. The Bertz CT molecular complexity index is 416. The normalized spacial score (nSPS) is 10.5. The molecular weight excluding hydrogens is 216 g/mol. The fraction of sp³-hybridized carbons (Fsp3) is 0.385. The zero-order valence-electron chi connectivity index (χ0n) is 10.3. The lowest BCUT2D eigenvalue weighted by Gasteiger charge is -2.20. The lowest BCUT2D eigenvalue weighted by Crippen LogP contribution is -2.24. The van der Waals surface area contributed by atoms with E-state index in [0.29, 0.717) is 6.54 Å². The first-order valence-corrected chi connectivity index (χ1v) is 5.63. The number of nitro groups is 1. The molecule has 92 valence electrons. The number of hydrogen-bond donors (Lipinski definition) is 0. The average Bonchev–Trinajstić information content (AvgIpc) is 2.28. The fourth-order valence-corrected chi connectivity index (χ4v) is 1.72. The minimum Gasteiger partial charge on any atom is -0.295 e. The molecule has 0 aliphatic carbocycles. The highest BCUT2D eigenvalue weighted by Gasteiger charge is 2.14. The Morgan fingerprint density at radius 1 is 1.47 bits per heavy atom. The van der Waals surface area contributed by atoms with E-state index in [1.54, 1.807) is 18.2 Å². The molecule has 0 aliphatic heterocycles. The maximum Gasteiger partial charge on any atom is 0.273 e. The topological polar surface area (TPSA) is 46.4 Å². The third kappa shape index (κ3) is 4.00. The zero-order valence-corrected chi connectivity index (χ0v) is 10.3. The van der Waals surface area contributed by atoms with Gasteiger partial charge in [0.25, 0.3) is 5.69 Å². The highest BCUT2D eigenvalue weighted by Crippen LogP contribution is 2.19. The second-order valence-corrected chi connectivity index (χ2v) is 4.15. The Hall–Kier alpha value is -1.68. The Morgan fingerprint density at radius 2 is 2.12 bits per heavy atom. The highest BCUT2D eigenvalue weighted by molar-refractivity contribution is 5.39. The summed E-state index contributed by atoms with van der Waals surface area (Å²) in [6, 6.07) is 6.87. The summed E-state index contributed by atoms with van der Waals surface area (Å²) < 4.78 is 0. The molecule has 0 aliphatic rings. The molecule has 0 saturated heterocycles. The molecule has 0 atom stereocenters. The van der Waals surface area contributed by atoms with Gasteiger partial charge in [-0.15, -0.1) is 0 Å². The van der Waals surface area contributed by atoms with Crippen LogP contribution in [-0.2, 0) is 6.54 Å². The molecule has 0 radical (unpaired) electrons. The van der Waals surface area contributed by atoms with Crippen LogP contribution in [0.3, 0.4) is 0 Å². The van der Waals surface area contributed by atoms with Gasteiger partial charge in [0.15, 0.2) is 0 Å². The van der Waals surface area contributed by atoms with E-state index in [9.17, 15) is 10.1 Å². The molecular formula is C13H18N2O2. The second kappa shape index (κ2) is 6.15. The van der Waals surface area contributed by atoms with E-state index >= 15 is 0 Å². The molecule has 0 bridgehead atoms. The van der Waals surface area contributed by atoms with E-state index in [2.05, 4.69) is 11.5 Å². The summed E-state index contributed by atoms with van der Waals surface area (Å²) >= 11 is 0. The standard InChI is InChI=1S/C13H18N2O2/c1-4-14(9-11(2)3)10-12-7-5-6-8-13(12)15(16)17/h5-8H,2,4,9-10H2,1,3H3. The number of rotatable bonds is 6. The van der Waals surface area contributed by atoms with Crippen molar-refractivity contribution in [3.63, 3.8) is 0 Å². The van der Waals surface area contributed by atoms with Crippen molar-refractivity contribution in [1.29, 1.82) is 0 Å². The van der Waals surface area contributed by atoms with Gasteiger partial charge in [-0.1, -0.05) is 37.3 Å². The van der Waals surface area contributed by atoms with Crippen molar-refractivity contribution in [3.05, 3.63) is 52.1 Å². The predicted molar refractivity (Wildman–Crippen MR) is 68.9 cm³/mol. The molecule has 0 N–H and O–H groups in total. The number of nitro benzene ring substituents is 1. The van der Waals surface area contributed by atoms with Gasteiger partial charge in [-0.05, 0) is 13.5 Å². The predicted octanol–water partition coefficient (Wildman–Crippen LogP) is 2.99. The maximum atomic E-state index is 10.9. The number of nitrogens with zero attached hydrogens (tertiary/aromatic N) is 2. The first kappa shape index (κ1) is 13.4. The Kier molecular flexibility index (Phi) is 4.84. The van der Waals surface area contributed by atoms with E-state index < -0.39 is 0 Å². The van der Waals surface area contributed by atoms with Crippen LogP contribution in [0.15, 0.2) is 36.4 Å². The molecule has 4 heteroatoms. The van der Waals surface area contributed by atoms with Crippen LogP contribution in [0.2, 0.25) is 0 Å². The Balaban J connectivity index is 2.85. The molecule has 0 spiro atoms. The lowest BCUT2D eigenvalue weighted by molar-refractivity contribution is -0.385. The van der Waals surface area contributed by atoms with E-state index in [1.165, 1.54) is 0 Å². The monoisotopic (exact) mass is 234 g/mol. The minimum absolute atomic E-state index is 0.188. The van der Waals surface area contributed by atoms with Gasteiger partial charge in [0.05, 0.1) is 4.92 Å². The van der Waals surface area contributed by atoms with Gasteiger partial charge in [0.1, 0.15) is 0 Å². The lowest BCUT2D eigenvalue weighted by atomic mass is 10.1. The van der Waals surface area contributed by atoms with Gasteiger partial charge in [0, 0.05) is 24.7 Å². The molecule has 1 rings (SSSR count). The van der Waals surface area contributed by atoms with Crippen molar-refractivity contribution in [3.8, 4) is 0 Å². The third-order valence-corrected chi connectivity index (χ3v) is 2.52. The molecule has 0 unspecified atom stereocenters. The molecule has 0 amide bonds. The number of para-hydroxylation sites is 1. The average molecular weight is 234 g/mol. The summed E-state index contributed by atoms with van der Waals surface area (Å²) in [5.41, 5.74) is 2.00. The van der Waals surface area contributed by atoms with Crippen LogP contribution in [0.25, 0.3) is 0 Å². The molecule has 0 aromatic heterocycles. The van der Waals surface area contributed by atoms with E-state index in [0.717, 1.165) is 24.2 Å². The SMILES string of the molecule is C=C(C)CN(CC)Cc1ccccc1[N+](=O)[O-]. The summed E-state index contributed by atoms with van der Waals surface area (Å²) in [7, 11) is 0. The van der Waals surface area contributed by atoms with Gasteiger partial charge in [-0.3, -0.25) is 15.0 Å². The molecule has 1 aromatic rings. The van der Waals surface area contributed by atoms with Crippen molar-refractivity contribution in [2.75, 3.05) is 13.1 Å². The summed E-state index contributed by atoms with van der Waals surface area (Å²) in [6.45, 7) is 10.1.